The molecule has 0 fully saturated rings. The van der Waals surface area contributed by atoms with Crippen molar-refractivity contribution in [2.75, 3.05) is 0 Å². The second-order valence-corrected chi connectivity index (χ2v) is 27.6. The molecule has 20 aromatic rings. The Morgan fingerprint density at radius 1 is 0.167 bits per heavy atom. The molecule has 0 amide bonds. The monoisotopic (exact) mass is 1380 g/mol. The van der Waals surface area contributed by atoms with E-state index >= 15 is 0 Å². The molecule has 6 heteroatoms. The van der Waals surface area contributed by atoms with Crippen LogP contribution in [0.2, 0.25) is 0 Å². The molecule has 108 heavy (non-hydrogen) atoms. The van der Waals surface area contributed by atoms with Gasteiger partial charge in [0.05, 0.1) is 34.2 Å². The van der Waals surface area contributed by atoms with Gasteiger partial charge in [-0.1, -0.05) is 315 Å². The molecule has 20 rings (SSSR count). The maximum atomic E-state index is 5.03. The van der Waals surface area contributed by atoms with Crippen LogP contribution in [0.15, 0.2) is 376 Å². The van der Waals surface area contributed by atoms with Gasteiger partial charge in [0.15, 0.2) is 5.82 Å². The van der Waals surface area contributed by atoms with Crippen molar-refractivity contribution in [3.05, 3.63) is 399 Å². The minimum atomic E-state index is 0.773. The van der Waals surface area contributed by atoms with Crippen LogP contribution in [-0.2, 0) is 0 Å². The van der Waals surface area contributed by atoms with Gasteiger partial charge in [0.1, 0.15) is 5.82 Å². The maximum absolute atomic E-state index is 5.03. The highest BCUT2D eigenvalue weighted by atomic mass is 14.9. The first-order valence-corrected chi connectivity index (χ1v) is 36.7. The molecule has 512 valence electrons. The molecule has 16 aromatic carbocycles. The van der Waals surface area contributed by atoms with E-state index in [9.17, 15) is 0 Å². The van der Waals surface area contributed by atoms with E-state index < -0.39 is 0 Å². The molecule has 0 saturated heterocycles. The van der Waals surface area contributed by atoms with Gasteiger partial charge >= 0.3 is 0 Å². The summed E-state index contributed by atoms with van der Waals surface area (Å²) in [6, 6.07) is 132. The van der Waals surface area contributed by atoms with E-state index in [0.717, 1.165) is 85.0 Å². The van der Waals surface area contributed by atoms with Gasteiger partial charge in [0.2, 0.25) is 0 Å². The second kappa shape index (κ2) is 30.0. The third kappa shape index (κ3) is 14.4. The number of aromatic nitrogens is 6. The summed E-state index contributed by atoms with van der Waals surface area (Å²) in [5.41, 5.74) is 19.5. The van der Waals surface area contributed by atoms with Crippen molar-refractivity contribution in [2.24, 2.45) is 0 Å². The average molecular weight is 1380 g/mol. The quantitative estimate of drug-likeness (QED) is 0.151. The highest BCUT2D eigenvalue weighted by Gasteiger charge is 2.16. The Morgan fingerprint density at radius 3 is 0.917 bits per heavy atom. The van der Waals surface area contributed by atoms with Crippen LogP contribution < -0.4 is 0 Å². The normalized spacial score (nSPS) is 11.1. The smallest absolute Gasteiger partial charge is 0.160 e. The van der Waals surface area contributed by atoms with Crippen LogP contribution in [0.3, 0.4) is 0 Å². The summed E-state index contributed by atoms with van der Waals surface area (Å²) in [5, 5.41) is 19.7. The minimum Gasteiger partial charge on any atom is -0.253 e. The molecule has 0 N–H and O–H groups in total. The summed E-state index contributed by atoms with van der Waals surface area (Å²) >= 11 is 0. The number of nitrogens with zero attached hydrogens (tertiary/aromatic N) is 6. The molecule has 0 spiro atoms. The molecule has 4 aromatic heterocycles. The summed E-state index contributed by atoms with van der Waals surface area (Å²) in [4.78, 5) is 29.0. The van der Waals surface area contributed by atoms with Gasteiger partial charge in [-0.15, -0.1) is 0 Å². The van der Waals surface area contributed by atoms with Crippen LogP contribution in [0.1, 0.15) is 22.8 Å². The molecule has 0 unspecified atom stereocenters. The molecule has 0 aliphatic heterocycles. The van der Waals surface area contributed by atoms with Crippen molar-refractivity contribution in [2.45, 2.75) is 27.7 Å². The van der Waals surface area contributed by atoms with E-state index in [4.69, 9.17) is 29.9 Å². The predicted octanol–water partition coefficient (Wildman–Crippen LogP) is 26.9. The Balaban J connectivity index is 0.000000105. The zero-order valence-corrected chi connectivity index (χ0v) is 60.5. The molecule has 0 bridgehead atoms. The van der Waals surface area contributed by atoms with Crippen molar-refractivity contribution >= 4 is 86.2 Å². The van der Waals surface area contributed by atoms with Gasteiger partial charge in [-0.3, -0.25) is 4.98 Å². The van der Waals surface area contributed by atoms with Crippen molar-refractivity contribution in [1.29, 1.82) is 0 Å². The third-order valence-corrected chi connectivity index (χ3v) is 20.1. The lowest BCUT2D eigenvalue weighted by Gasteiger charge is -2.11. The molecule has 0 atom stereocenters. The second-order valence-electron chi connectivity index (χ2n) is 27.6. The van der Waals surface area contributed by atoms with Crippen molar-refractivity contribution in [1.82, 2.24) is 29.9 Å². The largest absolute Gasteiger partial charge is 0.253 e. The lowest BCUT2D eigenvalue weighted by atomic mass is 9.97. The van der Waals surface area contributed by atoms with Crippen LogP contribution >= 0.6 is 0 Å². The Labute approximate surface area is 628 Å². The van der Waals surface area contributed by atoms with Crippen LogP contribution in [0, 0.1) is 27.7 Å². The summed E-state index contributed by atoms with van der Waals surface area (Å²) in [5.74, 6) is 1.55. The van der Waals surface area contributed by atoms with E-state index in [1.54, 1.807) is 0 Å². The molecule has 0 aliphatic carbocycles. The van der Waals surface area contributed by atoms with E-state index in [1.165, 1.54) is 114 Å². The minimum absolute atomic E-state index is 0.773. The topological polar surface area (TPSA) is 77.3 Å². The average Bonchev–Trinajstić information content (AvgIpc) is 0.797. The Hall–Kier alpha value is -13.9. The number of pyridine rings is 2. The molecule has 0 saturated carbocycles. The maximum Gasteiger partial charge on any atom is 0.160 e. The van der Waals surface area contributed by atoms with Gasteiger partial charge in [0.25, 0.3) is 0 Å². The summed E-state index contributed by atoms with van der Waals surface area (Å²) in [6.07, 6.45) is 0. The third-order valence-electron chi connectivity index (χ3n) is 20.1. The van der Waals surface area contributed by atoms with E-state index in [-0.39, 0.29) is 0 Å². The number of fused-ring (bicyclic) bond motifs is 8. The number of hydrogen-bond acceptors (Lipinski definition) is 6. The van der Waals surface area contributed by atoms with Crippen molar-refractivity contribution < 1.29 is 0 Å². The fraction of sp³-hybridized carbons (Fsp3) is 0.0392. The van der Waals surface area contributed by atoms with Crippen molar-refractivity contribution in [3.8, 4) is 90.1 Å². The first-order valence-electron chi connectivity index (χ1n) is 36.7. The fourth-order valence-electron chi connectivity index (χ4n) is 14.8. The first-order chi connectivity index (χ1) is 53.1. The molecule has 4 heterocycles. The predicted molar refractivity (Wildman–Crippen MR) is 455 cm³/mol. The summed E-state index contributed by atoms with van der Waals surface area (Å²) in [7, 11) is 0. The van der Waals surface area contributed by atoms with Crippen molar-refractivity contribution in [3.63, 3.8) is 0 Å². The number of benzene rings is 16. The summed E-state index contributed by atoms with van der Waals surface area (Å²) in [6.45, 7) is 8.19. The van der Waals surface area contributed by atoms with Crippen LogP contribution in [-0.4, -0.2) is 29.9 Å². The Bertz CT molecular complexity index is 5940. The molecule has 0 radical (unpaired) electrons. The number of aryl methyl sites for hydroxylation is 4. The van der Waals surface area contributed by atoms with Gasteiger partial charge < -0.3 is 0 Å². The van der Waals surface area contributed by atoms with E-state index in [1.807, 2.05) is 13.8 Å². The van der Waals surface area contributed by atoms with E-state index in [2.05, 4.69) is 390 Å². The number of rotatable bonds is 8. The lowest BCUT2D eigenvalue weighted by molar-refractivity contribution is 1.06. The zero-order chi connectivity index (χ0) is 72.9. The lowest BCUT2D eigenvalue weighted by Crippen LogP contribution is -1.96. The van der Waals surface area contributed by atoms with Crippen LogP contribution in [0.4, 0.5) is 0 Å². The SMILES string of the molecule is Cc1cc(-c2ccc3ccccc3c2)cc(-c2cccc3ccccc23)n1.Cc1cc(-c2ccc3ccccc3c2)nc(-c2cccc3ccccc23)c1.Cc1cc(-c2ccc3ccccc3c2)nc(-c2cccc3ccccc23)n1.Cc1nc(-c2ccc3ccccc3c2)cc(-c2cccc3ccccc23)n1. The Kier molecular flexibility index (Phi) is 18.7. The van der Waals surface area contributed by atoms with Gasteiger partial charge in [0, 0.05) is 50.3 Å². The molecular formula is C102H74N6. The summed E-state index contributed by atoms with van der Waals surface area (Å²) < 4.78 is 0. The zero-order valence-electron chi connectivity index (χ0n) is 60.5. The van der Waals surface area contributed by atoms with Gasteiger partial charge in [-0.25, -0.2) is 24.9 Å². The number of hydrogen-bond donors (Lipinski definition) is 0. The highest BCUT2D eigenvalue weighted by Crippen LogP contribution is 2.37. The van der Waals surface area contributed by atoms with Gasteiger partial charge in [-0.2, -0.15) is 0 Å². The molecular weight excluding hydrogens is 1310 g/mol. The molecule has 6 nitrogen and oxygen atoms in total. The van der Waals surface area contributed by atoms with Gasteiger partial charge in [-0.05, 0) is 191 Å². The van der Waals surface area contributed by atoms with Crippen LogP contribution in [0.5, 0.6) is 0 Å². The van der Waals surface area contributed by atoms with E-state index in [0.29, 0.717) is 0 Å². The fourth-order valence-corrected chi connectivity index (χ4v) is 14.8. The highest BCUT2D eigenvalue weighted by molar-refractivity contribution is 6.01. The molecule has 0 aliphatic rings. The first kappa shape index (κ1) is 67.2. The standard InChI is InChI=1S/2C26H19N.2C25H18N2/c1-18-15-23(22-14-13-19-7-2-3-9-21(19)16-22)17-26(27-18)25-12-6-10-20-8-4-5-11-24(20)25;1-18-15-25(22-14-13-19-7-2-3-9-21(19)17-22)27-26(16-18)24-12-6-10-20-8-4-5-11-23(20)24;1-17-26-24(21-14-13-18-7-2-3-9-20(18)15-21)16-25(27-17)23-12-6-10-19-8-4-5-11-22(19)23;1-17-15-24(21-14-13-18-7-2-3-9-20(18)16-21)27-25(26-17)23-12-6-10-19-8-4-5-11-22(19)23/h2*2-17H,1H3;2*2-16H,1H3. The van der Waals surface area contributed by atoms with Crippen LogP contribution in [0.25, 0.3) is 176 Å². The Morgan fingerprint density at radius 2 is 0.472 bits per heavy atom.